The SMILES string of the molecule is Cc1cc(N)n(-c2nc(-n3nc(C)cc3N)nc(-n3nc(C)cc3N)n2)n1.N#Cc1cnn(-c2cc(C(=O)O)cc(C(=O)O)c2)c1N.O=S(=O)(O)ONO. The van der Waals surface area contributed by atoms with Crippen LogP contribution in [0.3, 0.4) is 0 Å². The van der Waals surface area contributed by atoms with Crippen LogP contribution in [0.5, 0.6) is 0 Å². The lowest BCUT2D eigenvalue weighted by Crippen LogP contribution is -2.17. The van der Waals surface area contributed by atoms with Crippen LogP contribution in [0, 0.1) is 32.1 Å². The van der Waals surface area contributed by atoms with Gasteiger partial charge in [0.25, 0.3) is 17.8 Å². The van der Waals surface area contributed by atoms with E-state index in [0.717, 1.165) is 33.5 Å². The second kappa shape index (κ2) is 15.8. The van der Waals surface area contributed by atoms with Crippen LogP contribution >= 0.6 is 0 Å². The van der Waals surface area contributed by atoms with Crippen molar-refractivity contribution in [3.05, 3.63) is 76.4 Å². The van der Waals surface area contributed by atoms with E-state index in [1.807, 2.05) is 26.8 Å². The summed E-state index contributed by atoms with van der Waals surface area (Å²) in [5.74, 6) is -0.825. The number of nitrogens with two attached hydrogens (primary N) is 4. The first kappa shape index (κ1) is 39.3. The van der Waals surface area contributed by atoms with E-state index in [1.54, 1.807) is 18.2 Å². The van der Waals surface area contributed by atoms with Crippen LogP contribution < -0.4 is 28.6 Å². The number of nitrogen functional groups attached to an aromatic ring is 4. The molecule has 6 aromatic rings. The number of hydrogen-bond acceptors (Lipinski definition) is 19. The third kappa shape index (κ3) is 9.23. The molecule has 0 saturated carbocycles. The Labute approximate surface area is 302 Å². The maximum absolute atomic E-state index is 11.0. The molecular weight excluding hydrogens is 738 g/mol. The zero-order chi connectivity index (χ0) is 40.1. The number of benzene rings is 1. The van der Waals surface area contributed by atoms with E-state index in [1.165, 1.54) is 32.4 Å². The van der Waals surface area contributed by atoms with Crippen molar-refractivity contribution in [3.8, 4) is 29.6 Å². The molecule has 6 rings (SSSR count). The van der Waals surface area contributed by atoms with E-state index in [2.05, 4.69) is 39.6 Å². The van der Waals surface area contributed by atoms with Crippen molar-refractivity contribution in [3.63, 3.8) is 0 Å². The number of rotatable bonds is 8. The summed E-state index contributed by atoms with van der Waals surface area (Å²) in [7, 11) is -4.54. The van der Waals surface area contributed by atoms with Gasteiger partial charge < -0.3 is 33.1 Å². The summed E-state index contributed by atoms with van der Waals surface area (Å²) in [5.41, 5.74) is 26.5. The summed E-state index contributed by atoms with van der Waals surface area (Å²) in [5, 5.41) is 50.9. The summed E-state index contributed by atoms with van der Waals surface area (Å²) in [6.45, 7) is 5.46. The molecule has 0 spiro atoms. The summed E-state index contributed by atoms with van der Waals surface area (Å²) in [6.07, 6.45) is 1.21. The number of nitriles is 1. The van der Waals surface area contributed by atoms with Crippen molar-refractivity contribution in [2.75, 3.05) is 22.9 Å². The molecule has 5 aromatic heterocycles. The molecule has 0 amide bonds. The maximum Gasteiger partial charge on any atom is 0.415 e. The largest absolute Gasteiger partial charge is 0.478 e. The van der Waals surface area contributed by atoms with E-state index in [0.29, 0.717) is 17.5 Å². The average Bonchev–Trinajstić information content (AvgIpc) is 3.84. The Morgan fingerprint density at radius 1 is 0.741 bits per heavy atom. The molecule has 1 aromatic carbocycles. The van der Waals surface area contributed by atoms with Gasteiger partial charge in [0.2, 0.25) is 0 Å². The molecule has 282 valence electrons. The molecule has 0 fully saturated rings. The molecule has 13 N–H and O–H groups in total. The fraction of sp³-hybridized carbons (Fsp3) is 0.111. The molecule has 0 aliphatic carbocycles. The Hall–Kier alpha value is -7.51. The highest BCUT2D eigenvalue weighted by molar-refractivity contribution is 7.80. The minimum Gasteiger partial charge on any atom is -0.478 e. The zero-order valence-electron chi connectivity index (χ0n) is 28.0. The topological polar surface area (TPSA) is 408 Å². The monoisotopic (exact) mass is 767 g/mol. The lowest BCUT2D eigenvalue weighted by molar-refractivity contribution is -0.0456. The number of carbonyl (C=O) groups is 2. The minimum atomic E-state index is -4.54. The third-order valence-electron chi connectivity index (χ3n) is 6.47. The van der Waals surface area contributed by atoms with Gasteiger partial charge in [-0.2, -0.15) is 63.1 Å². The standard InChI is InChI=1S/C15H18N12.C12H8N4O4.H3NO5S/c1-7-4-10(16)25(22-7)13-19-14(26-11(17)5-8(2)23-26)21-15(20-13)27-12(18)6-9(3)24-27;13-4-8-5-15-16(10(8)14)9-2-6(11(17)18)1-7(3-9)12(19)20;2-1-6-7(3,4)5/h4-6H,16-18H2,1-3H3;1-3,5H,14H2,(H,17,18)(H,19,20);1-2H,(H,3,4,5). The smallest absolute Gasteiger partial charge is 0.415 e. The van der Waals surface area contributed by atoms with Gasteiger partial charge in [-0.15, -0.1) is 4.28 Å². The number of anilines is 4. The molecule has 54 heavy (non-hydrogen) atoms. The van der Waals surface area contributed by atoms with Crippen molar-refractivity contribution >= 4 is 45.6 Å². The molecule has 5 heterocycles. The average molecular weight is 768 g/mol. The van der Waals surface area contributed by atoms with Gasteiger partial charge in [0.1, 0.15) is 34.9 Å². The Morgan fingerprint density at radius 3 is 1.37 bits per heavy atom. The van der Waals surface area contributed by atoms with Gasteiger partial charge >= 0.3 is 22.3 Å². The summed E-state index contributed by atoms with van der Waals surface area (Å²) in [4.78, 5) is 35.3. The first-order valence-corrected chi connectivity index (χ1v) is 15.8. The summed E-state index contributed by atoms with van der Waals surface area (Å²) < 4.78 is 34.6. The maximum atomic E-state index is 11.0. The van der Waals surface area contributed by atoms with E-state index in [4.69, 9.17) is 48.2 Å². The highest BCUT2D eigenvalue weighted by atomic mass is 32.3. The van der Waals surface area contributed by atoms with E-state index >= 15 is 0 Å². The van der Waals surface area contributed by atoms with Gasteiger partial charge in [-0.3, -0.25) is 9.76 Å². The molecule has 0 unspecified atom stereocenters. The van der Waals surface area contributed by atoms with Gasteiger partial charge in [0.15, 0.2) is 0 Å². The molecular formula is C27H29N17O9S. The lowest BCUT2D eigenvalue weighted by atomic mass is 10.1. The van der Waals surface area contributed by atoms with Crippen molar-refractivity contribution in [1.29, 1.82) is 5.26 Å². The van der Waals surface area contributed by atoms with Gasteiger partial charge in [-0.05, 0) is 39.0 Å². The first-order chi connectivity index (χ1) is 25.3. The number of nitrogens with one attached hydrogen (secondary N) is 1. The summed E-state index contributed by atoms with van der Waals surface area (Å²) in [6, 6.07) is 10.4. The van der Waals surface area contributed by atoms with Crippen LogP contribution in [-0.4, -0.2) is 94.4 Å². The van der Waals surface area contributed by atoms with E-state index < -0.39 is 22.3 Å². The van der Waals surface area contributed by atoms with Crippen LogP contribution in [0.2, 0.25) is 0 Å². The van der Waals surface area contributed by atoms with Gasteiger partial charge in [-0.1, -0.05) is 5.64 Å². The van der Waals surface area contributed by atoms with Crippen LogP contribution in [-0.2, 0) is 14.7 Å². The fourth-order valence-corrected chi connectivity index (χ4v) is 4.44. The zero-order valence-corrected chi connectivity index (χ0v) is 28.8. The first-order valence-electron chi connectivity index (χ1n) is 14.5. The predicted molar refractivity (Wildman–Crippen MR) is 183 cm³/mol. The number of nitrogens with zero attached hydrogens (tertiary/aromatic N) is 12. The number of aryl methyl sites for hydroxylation is 3. The fourth-order valence-electron chi connectivity index (χ4n) is 4.34. The quantitative estimate of drug-likeness (QED) is 0.0697. The van der Waals surface area contributed by atoms with Crippen LogP contribution in [0.25, 0.3) is 23.5 Å². The number of aromatic carboxylic acids is 2. The molecule has 26 nitrogen and oxygen atoms in total. The van der Waals surface area contributed by atoms with Crippen molar-refractivity contribution < 1.29 is 42.3 Å². The van der Waals surface area contributed by atoms with Crippen LogP contribution in [0.4, 0.5) is 23.3 Å². The molecule has 27 heteroatoms. The van der Waals surface area contributed by atoms with Gasteiger partial charge in [0.05, 0.1) is 40.1 Å². The van der Waals surface area contributed by atoms with Crippen LogP contribution in [0.1, 0.15) is 43.4 Å². The number of carboxylic acids is 2. The molecule has 0 saturated heterocycles. The highest BCUT2D eigenvalue weighted by Gasteiger charge is 2.19. The minimum absolute atomic E-state index is 0.00591. The van der Waals surface area contributed by atoms with Crippen molar-refractivity contribution in [2.24, 2.45) is 0 Å². The highest BCUT2D eigenvalue weighted by Crippen LogP contribution is 2.21. The van der Waals surface area contributed by atoms with Gasteiger partial charge in [0, 0.05) is 18.2 Å². The second-order valence-electron chi connectivity index (χ2n) is 10.6. The third-order valence-corrected chi connectivity index (χ3v) is 6.76. The lowest BCUT2D eigenvalue weighted by Gasteiger charge is -2.09. The second-order valence-corrected chi connectivity index (χ2v) is 11.6. The Bertz CT molecular complexity index is 2330. The number of aromatic nitrogens is 11. The number of hydrogen-bond donors (Lipinski definition) is 9. The molecule has 0 bridgehead atoms. The molecule has 0 radical (unpaired) electrons. The predicted octanol–water partition coefficient (Wildman–Crippen LogP) is -0.477. The van der Waals surface area contributed by atoms with Crippen molar-refractivity contribution in [2.45, 2.75) is 20.8 Å². The Morgan fingerprint density at radius 2 is 1.13 bits per heavy atom. The Kier molecular flexibility index (Phi) is 11.5. The number of carboxylic acid groups (broad SMARTS) is 2. The molecule has 0 atom stereocenters. The van der Waals surface area contributed by atoms with E-state index in [9.17, 15) is 18.0 Å². The van der Waals surface area contributed by atoms with Crippen molar-refractivity contribution in [1.82, 2.24) is 59.7 Å². The summed E-state index contributed by atoms with van der Waals surface area (Å²) >= 11 is 0. The van der Waals surface area contributed by atoms with E-state index in [-0.39, 0.29) is 46.0 Å². The molecule has 0 aliphatic heterocycles. The van der Waals surface area contributed by atoms with Crippen LogP contribution in [0.15, 0.2) is 42.6 Å². The van der Waals surface area contributed by atoms with Gasteiger partial charge in [-0.25, -0.2) is 14.3 Å². The normalized spacial score (nSPS) is 10.8. The Balaban J connectivity index is 0.000000212. The molecule has 0 aliphatic rings.